The molecule has 1 heterocycles. The Morgan fingerprint density at radius 1 is 1.07 bits per heavy atom. The summed E-state index contributed by atoms with van der Waals surface area (Å²) in [5.74, 6) is -0.809. The van der Waals surface area contributed by atoms with Gasteiger partial charge in [0.1, 0.15) is 5.60 Å². The van der Waals surface area contributed by atoms with Crippen LogP contribution >= 0.6 is 0 Å². The average Bonchev–Trinajstić information content (AvgIpc) is 2.66. The fourth-order valence-electron chi connectivity index (χ4n) is 4.17. The fourth-order valence-corrected chi connectivity index (χ4v) is 4.17. The fraction of sp³-hybridized carbons (Fsp3) is 0.565. The Hall–Kier alpha value is -2.31. The first-order chi connectivity index (χ1) is 14.0. The summed E-state index contributed by atoms with van der Waals surface area (Å²) in [5.41, 5.74) is 3.98. The summed E-state index contributed by atoms with van der Waals surface area (Å²) in [6.07, 6.45) is 0.820. The Morgan fingerprint density at radius 2 is 1.67 bits per heavy atom. The summed E-state index contributed by atoms with van der Waals surface area (Å²) in [7, 11) is 0. The van der Waals surface area contributed by atoms with Crippen molar-refractivity contribution in [2.75, 3.05) is 0 Å². The third kappa shape index (κ3) is 5.05. The van der Waals surface area contributed by atoms with Crippen molar-refractivity contribution in [1.82, 2.24) is 5.43 Å². The van der Waals surface area contributed by atoms with Gasteiger partial charge in [-0.15, -0.1) is 0 Å². The van der Waals surface area contributed by atoms with Crippen LogP contribution in [0, 0.1) is 5.92 Å². The molecule has 0 saturated heterocycles. The molecule has 1 atom stereocenters. The number of carbonyl (C=O) groups is 1. The second-order valence-corrected chi connectivity index (χ2v) is 9.08. The number of hydrogen-bond donors (Lipinski definition) is 1. The van der Waals surface area contributed by atoms with E-state index in [4.69, 9.17) is 4.74 Å². The second kappa shape index (κ2) is 8.44. The van der Waals surface area contributed by atoms with Crippen molar-refractivity contribution in [3.8, 4) is 0 Å². The highest BCUT2D eigenvalue weighted by Crippen LogP contribution is 2.39. The molecular formula is C23H29F3N2O2. The van der Waals surface area contributed by atoms with Crippen LogP contribution in [0.4, 0.5) is 13.2 Å². The van der Waals surface area contributed by atoms with Crippen LogP contribution in [0.1, 0.15) is 76.8 Å². The van der Waals surface area contributed by atoms with E-state index in [1.165, 1.54) is 12.1 Å². The molecule has 1 saturated carbocycles. The van der Waals surface area contributed by atoms with Gasteiger partial charge in [-0.2, -0.15) is 18.3 Å². The standard InChI is InChI=1S/C23H29F3N2O2/c1-14-18(21(29)30-22(2,3)4)19(15-10-12-17(13-11-15)23(24,25)26)20(28-27-14)16-8-6-5-7-9-16/h10-13,16,19,27H,5-9H2,1-4H3. The quantitative estimate of drug-likeness (QED) is 0.613. The van der Waals surface area contributed by atoms with E-state index in [9.17, 15) is 18.0 Å². The molecule has 1 aromatic rings. The topological polar surface area (TPSA) is 50.7 Å². The largest absolute Gasteiger partial charge is 0.457 e. The highest BCUT2D eigenvalue weighted by atomic mass is 19.4. The zero-order valence-electron chi connectivity index (χ0n) is 17.9. The number of halogens is 3. The lowest BCUT2D eigenvalue weighted by molar-refractivity contribution is -0.150. The Bertz CT molecular complexity index is 843. The average molecular weight is 422 g/mol. The van der Waals surface area contributed by atoms with Crippen molar-refractivity contribution in [1.29, 1.82) is 0 Å². The van der Waals surface area contributed by atoms with Crippen LogP contribution in [0.3, 0.4) is 0 Å². The maximum Gasteiger partial charge on any atom is 0.416 e. The van der Waals surface area contributed by atoms with Crippen molar-refractivity contribution in [3.05, 3.63) is 46.7 Å². The van der Waals surface area contributed by atoms with Crippen molar-refractivity contribution >= 4 is 11.7 Å². The molecule has 1 aromatic carbocycles. The van der Waals surface area contributed by atoms with Crippen LogP contribution in [0.25, 0.3) is 0 Å². The molecular weight excluding hydrogens is 393 g/mol. The van der Waals surface area contributed by atoms with Gasteiger partial charge in [0.25, 0.3) is 0 Å². The number of alkyl halides is 3. The Labute approximate surface area is 175 Å². The number of hydrogen-bond acceptors (Lipinski definition) is 4. The predicted molar refractivity (Wildman–Crippen MR) is 110 cm³/mol. The number of rotatable bonds is 3. The second-order valence-electron chi connectivity index (χ2n) is 9.08. The molecule has 7 heteroatoms. The maximum atomic E-state index is 13.1. The minimum Gasteiger partial charge on any atom is -0.457 e. The minimum absolute atomic E-state index is 0.184. The molecule has 1 aliphatic heterocycles. The zero-order valence-corrected chi connectivity index (χ0v) is 17.9. The SMILES string of the molecule is CC1=C(C(=O)OC(C)(C)C)C(c2ccc(C(F)(F)F)cc2)C(C2CCCCC2)=NN1. The Morgan fingerprint density at radius 3 is 2.20 bits per heavy atom. The van der Waals surface area contributed by atoms with Gasteiger partial charge in [-0.3, -0.25) is 5.43 Å². The molecule has 0 spiro atoms. The third-order valence-corrected chi connectivity index (χ3v) is 5.55. The highest BCUT2D eigenvalue weighted by molar-refractivity contribution is 6.05. The van der Waals surface area contributed by atoms with Gasteiger partial charge in [-0.1, -0.05) is 31.4 Å². The van der Waals surface area contributed by atoms with Crippen molar-refractivity contribution in [3.63, 3.8) is 0 Å². The summed E-state index contributed by atoms with van der Waals surface area (Å²) in [4.78, 5) is 13.1. The van der Waals surface area contributed by atoms with Gasteiger partial charge in [-0.25, -0.2) is 4.79 Å². The molecule has 0 bridgehead atoms. The smallest absolute Gasteiger partial charge is 0.416 e. The summed E-state index contributed by atoms with van der Waals surface area (Å²) < 4.78 is 44.8. The molecule has 164 valence electrons. The van der Waals surface area contributed by atoms with E-state index in [-0.39, 0.29) is 5.92 Å². The number of nitrogens with zero attached hydrogens (tertiary/aromatic N) is 1. The maximum absolute atomic E-state index is 13.1. The lowest BCUT2D eigenvalue weighted by Crippen LogP contribution is -2.37. The van der Waals surface area contributed by atoms with Gasteiger partial charge in [0.05, 0.1) is 22.8 Å². The van der Waals surface area contributed by atoms with Gasteiger partial charge in [0.15, 0.2) is 0 Å². The molecule has 3 rings (SSSR count). The highest BCUT2D eigenvalue weighted by Gasteiger charge is 2.39. The molecule has 0 aromatic heterocycles. The van der Waals surface area contributed by atoms with Crippen LogP contribution in [-0.2, 0) is 15.7 Å². The lowest BCUT2D eigenvalue weighted by Gasteiger charge is -2.34. The molecule has 1 aliphatic carbocycles. The van der Waals surface area contributed by atoms with E-state index < -0.39 is 29.2 Å². The van der Waals surface area contributed by atoms with Crippen molar-refractivity contribution in [2.45, 2.75) is 77.5 Å². The number of nitrogens with one attached hydrogen (secondary N) is 1. The van der Waals surface area contributed by atoms with E-state index in [0.717, 1.165) is 49.9 Å². The molecule has 1 fully saturated rings. The normalized spacial score (nSPS) is 21.2. The number of carbonyl (C=O) groups excluding carboxylic acids is 1. The van der Waals surface area contributed by atoms with E-state index in [1.54, 1.807) is 27.7 Å². The molecule has 0 amide bonds. The predicted octanol–water partition coefficient (Wildman–Crippen LogP) is 5.94. The number of ether oxygens (including phenoxy) is 1. The third-order valence-electron chi connectivity index (χ3n) is 5.55. The first-order valence-corrected chi connectivity index (χ1v) is 10.4. The van der Waals surface area contributed by atoms with E-state index in [1.807, 2.05) is 0 Å². The number of esters is 1. The Balaban J connectivity index is 2.04. The molecule has 2 aliphatic rings. The van der Waals surface area contributed by atoms with Gasteiger partial charge >= 0.3 is 12.1 Å². The summed E-state index contributed by atoms with van der Waals surface area (Å²) in [6, 6.07) is 5.04. The zero-order chi connectivity index (χ0) is 22.1. The van der Waals surface area contributed by atoms with Gasteiger partial charge in [-0.05, 0) is 58.2 Å². The van der Waals surface area contributed by atoms with E-state index in [2.05, 4.69) is 10.5 Å². The van der Waals surface area contributed by atoms with Crippen LogP contribution in [-0.4, -0.2) is 17.3 Å². The van der Waals surface area contributed by atoms with Crippen molar-refractivity contribution < 1.29 is 22.7 Å². The van der Waals surface area contributed by atoms with Gasteiger partial charge in [0, 0.05) is 11.6 Å². The summed E-state index contributed by atoms with van der Waals surface area (Å²) in [5, 5.41) is 4.57. The Kier molecular flexibility index (Phi) is 6.29. The molecule has 4 nitrogen and oxygen atoms in total. The van der Waals surface area contributed by atoms with Gasteiger partial charge < -0.3 is 4.74 Å². The van der Waals surface area contributed by atoms with Crippen molar-refractivity contribution in [2.24, 2.45) is 11.0 Å². The molecule has 1 N–H and O–H groups in total. The summed E-state index contributed by atoms with van der Waals surface area (Å²) in [6.45, 7) is 7.12. The van der Waals surface area contributed by atoms with E-state index >= 15 is 0 Å². The number of hydrazone groups is 1. The number of allylic oxidation sites excluding steroid dienone is 1. The van der Waals surface area contributed by atoms with E-state index in [0.29, 0.717) is 16.8 Å². The first-order valence-electron chi connectivity index (χ1n) is 10.4. The lowest BCUT2D eigenvalue weighted by atomic mass is 9.75. The number of benzene rings is 1. The first kappa shape index (κ1) is 22.4. The van der Waals surface area contributed by atoms with Crippen LogP contribution in [0.5, 0.6) is 0 Å². The minimum atomic E-state index is -4.41. The monoisotopic (exact) mass is 422 g/mol. The molecule has 1 unspecified atom stereocenters. The van der Waals surface area contributed by atoms with Crippen LogP contribution < -0.4 is 5.43 Å². The van der Waals surface area contributed by atoms with Crippen LogP contribution in [0.15, 0.2) is 40.6 Å². The molecule has 30 heavy (non-hydrogen) atoms. The van der Waals surface area contributed by atoms with Crippen LogP contribution in [0.2, 0.25) is 0 Å². The van der Waals surface area contributed by atoms with Gasteiger partial charge in [0.2, 0.25) is 0 Å². The summed E-state index contributed by atoms with van der Waals surface area (Å²) >= 11 is 0. The molecule has 0 radical (unpaired) electrons.